The minimum Gasteiger partial charge on any atom is -0.481 e. The van der Waals surface area contributed by atoms with Crippen LogP contribution in [0.3, 0.4) is 0 Å². The number of aliphatic carboxylic acids is 1. The van der Waals surface area contributed by atoms with Gasteiger partial charge in [0, 0.05) is 11.6 Å². The van der Waals surface area contributed by atoms with Crippen molar-refractivity contribution >= 4 is 23.5 Å². The molecule has 3 aliphatic rings. The predicted octanol–water partition coefficient (Wildman–Crippen LogP) is 6.14. The second-order valence-corrected chi connectivity index (χ2v) is 12.9. The number of carboxylic acid groups (broad SMARTS) is 1. The molecule has 0 bridgehead atoms. The minimum atomic E-state index is -4.54. The lowest BCUT2D eigenvalue weighted by molar-refractivity contribution is -0.138. The molecule has 2 N–H and O–H groups in total. The van der Waals surface area contributed by atoms with Crippen LogP contribution in [0.5, 0.6) is 0 Å². The van der Waals surface area contributed by atoms with E-state index in [9.17, 15) is 27.6 Å². The van der Waals surface area contributed by atoms with Crippen LogP contribution in [0.4, 0.5) is 13.2 Å². The monoisotopic (exact) mass is 587 g/mol. The van der Waals surface area contributed by atoms with Crippen molar-refractivity contribution in [3.63, 3.8) is 0 Å². The zero-order valence-corrected chi connectivity index (χ0v) is 24.8. The average molecular weight is 588 g/mol. The summed E-state index contributed by atoms with van der Waals surface area (Å²) in [6.07, 6.45) is 4.02. The van der Waals surface area contributed by atoms with Gasteiger partial charge in [0.15, 0.2) is 0 Å². The molecule has 4 rings (SSSR count). The van der Waals surface area contributed by atoms with Crippen molar-refractivity contribution in [1.82, 2.24) is 10.2 Å². The number of halogens is 3. The lowest BCUT2D eigenvalue weighted by Crippen LogP contribution is -2.54. The summed E-state index contributed by atoms with van der Waals surface area (Å²) in [5.41, 5.74) is -0.581. The first-order valence-corrected chi connectivity index (χ1v) is 14.5. The minimum absolute atomic E-state index is 0.0484. The third-order valence-electron chi connectivity index (χ3n) is 8.87. The molecule has 1 heterocycles. The molecule has 1 fully saturated rings. The van der Waals surface area contributed by atoms with E-state index < -0.39 is 47.3 Å². The van der Waals surface area contributed by atoms with Crippen LogP contribution in [0.15, 0.2) is 53.1 Å². The predicted molar refractivity (Wildman–Crippen MR) is 154 cm³/mol. The number of benzene rings is 1. The van der Waals surface area contributed by atoms with Crippen molar-refractivity contribution in [3.05, 3.63) is 59.2 Å². The van der Waals surface area contributed by atoms with E-state index >= 15 is 0 Å². The van der Waals surface area contributed by atoms with Crippen LogP contribution in [0.1, 0.15) is 84.3 Å². The second-order valence-electron chi connectivity index (χ2n) is 12.9. The Hall–Kier alpha value is -3.43. The van der Waals surface area contributed by atoms with Crippen LogP contribution in [0, 0.1) is 17.3 Å². The lowest BCUT2D eigenvalue weighted by Gasteiger charge is -2.47. The fourth-order valence-corrected chi connectivity index (χ4v) is 6.43. The number of carbonyl (C=O) groups is 3. The molecule has 42 heavy (non-hydrogen) atoms. The van der Waals surface area contributed by atoms with Gasteiger partial charge in [0.05, 0.1) is 23.9 Å². The number of hydrogen-bond acceptors (Lipinski definition) is 4. The summed E-state index contributed by atoms with van der Waals surface area (Å²) in [6, 6.07) is 3.85. The van der Waals surface area contributed by atoms with Gasteiger partial charge in [0.2, 0.25) is 5.91 Å². The topological polar surface area (TPSA) is 99.1 Å². The molecular weight excluding hydrogens is 547 g/mol. The van der Waals surface area contributed by atoms with Crippen molar-refractivity contribution in [2.75, 3.05) is 0 Å². The van der Waals surface area contributed by atoms with E-state index in [0.717, 1.165) is 30.5 Å². The molecule has 228 valence electrons. The highest BCUT2D eigenvalue weighted by Crippen LogP contribution is 2.48. The highest BCUT2D eigenvalue weighted by molar-refractivity contribution is 6.46. The highest BCUT2D eigenvalue weighted by atomic mass is 19.4. The third kappa shape index (κ3) is 6.63. The first-order valence-electron chi connectivity index (χ1n) is 14.5. The largest absolute Gasteiger partial charge is 0.481 e. The van der Waals surface area contributed by atoms with Gasteiger partial charge in [-0.05, 0) is 75.0 Å². The number of aliphatic imine (C=N–C) groups is 1. The van der Waals surface area contributed by atoms with Gasteiger partial charge in [-0.2, -0.15) is 13.2 Å². The van der Waals surface area contributed by atoms with Gasteiger partial charge in [-0.25, -0.2) is 0 Å². The first kappa shape index (κ1) is 31.5. The third-order valence-corrected chi connectivity index (χ3v) is 8.87. The van der Waals surface area contributed by atoms with Crippen LogP contribution in [-0.2, 0) is 20.6 Å². The number of rotatable bonds is 7. The fraction of sp³-hybridized carbons (Fsp3) is 0.562. The number of nitrogens with zero attached hydrogens (tertiary/aromatic N) is 2. The first-order chi connectivity index (χ1) is 19.5. The Labute approximate surface area is 245 Å². The Kier molecular flexibility index (Phi) is 8.77. The van der Waals surface area contributed by atoms with Crippen LogP contribution >= 0.6 is 0 Å². The van der Waals surface area contributed by atoms with Crippen molar-refractivity contribution in [2.45, 2.75) is 97.1 Å². The zero-order valence-electron chi connectivity index (χ0n) is 24.8. The maximum atomic E-state index is 14.0. The Bertz CT molecular complexity index is 1320. The maximum absolute atomic E-state index is 14.0. The van der Waals surface area contributed by atoms with Crippen molar-refractivity contribution < 1.29 is 32.7 Å². The smallest absolute Gasteiger partial charge is 0.416 e. The maximum Gasteiger partial charge on any atom is 0.416 e. The Morgan fingerprint density at radius 3 is 2.38 bits per heavy atom. The van der Waals surface area contributed by atoms with Gasteiger partial charge in [0.25, 0.3) is 5.91 Å². The molecule has 1 aliphatic heterocycles. The van der Waals surface area contributed by atoms with Gasteiger partial charge >= 0.3 is 12.1 Å². The van der Waals surface area contributed by atoms with Gasteiger partial charge in [-0.3, -0.25) is 19.4 Å². The molecule has 1 spiro atoms. The van der Waals surface area contributed by atoms with E-state index in [2.05, 4.69) is 26.1 Å². The number of allylic oxidation sites excluding steroid dienone is 1. The molecule has 10 heteroatoms. The van der Waals surface area contributed by atoms with Crippen molar-refractivity contribution in [3.8, 4) is 0 Å². The molecule has 2 amide bonds. The molecule has 2 aliphatic carbocycles. The van der Waals surface area contributed by atoms with E-state index in [1.54, 1.807) is 17.9 Å². The number of carbonyl (C=O) groups excluding carboxylic acids is 2. The van der Waals surface area contributed by atoms with Gasteiger partial charge in [-0.15, -0.1) is 0 Å². The van der Waals surface area contributed by atoms with E-state index in [1.807, 2.05) is 19.1 Å². The van der Waals surface area contributed by atoms with E-state index in [-0.39, 0.29) is 29.0 Å². The number of nitrogens with one attached hydrogen (secondary N) is 1. The van der Waals surface area contributed by atoms with Crippen molar-refractivity contribution in [2.24, 2.45) is 22.2 Å². The van der Waals surface area contributed by atoms with Crippen molar-refractivity contribution in [1.29, 1.82) is 0 Å². The summed E-state index contributed by atoms with van der Waals surface area (Å²) in [5, 5.41) is 11.7. The summed E-state index contributed by atoms with van der Waals surface area (Å²) in [5.74, 6) is -1.70. The van der Waals surface area contributed by atoms with Gasteiger partial charge < -0.3 is 15.3 Å². The summed E-state index contributed by atoms with van der Waals surface area (Å²) in [4.78, 5) is 44.3. The van der Waals surface area contributed by atoms with E-state index in [0.29, 0.717) is 25.2 Å². The number of hydrogen-bond donors (Lipinski definition) is 2. The summed E-state index contributed by atoms with van der Waals surface area (Å²) < 4.78 is 40.5. The Morgan fingerprint density at radius 2 is 1.83 bits per heavy atom. The summed E-state index contributed by atoms with van der Waals surface area (Å²) in [6.45, 7) is 10.1. The molecule has 1 saturated carbocycles. The lowest BCUT2D eigenvalue weighted by atomic mass is 9.69. The fourth-order valence-electron chi connectivity index (χ4n) is 6.43. The quantitative estimate of drug-likeness (QED) is 0.400. The molecule has 1 aromatic carbocycles. The summed E-state index contributed by atoms with van der Waals surface area (Å²) >= 11 is 0. The SMILES string of the molecule is CC(CC(=O)O)NC(=O)C1C=CC([C@@H](C)N2C(=O)C(c3cccc(C(F)(F)F)c3)=NC23CCC(C(C)(C)C)CC3)=CC1. The Balaban J connectivity index is 1.60. The molecule has 3 atom stereocenters. The van der Waals surface area contributed by atoms with Crippen LogP contribution in [0.25, 0.3) is 0 Å². The number of alkyl halides is 3. The van der Waals surface area contributed by atoms with Crippen LogP contribution in [-0.4, -0.2) is 51.2 Å². The Morgan fingerprint density at radius 1 is 1.17 bits per heavy atom. The average Bonchev–Trinajstić information content (AvgIpc) is 3.18. The number of carboxylic acids is 1. The molecule has 0 radical (unpaired) electrons. The van der Waals surface area contributed by atoms with Gasteiger partial charge in [0.1, 0.15) is 11.4 Å². The van der Waals surface area contributed by atoms with E-state index in [1.165, 1.54) is 12.1 Å². The van der Waals surface area contributed by atoms with Gasteiger partial charge in [-0.1, -0.05) is 51.1 Å². The molecule has 1 aromatic rings. The molecule has 7 nitrogen and oxygen atoms in total. The molecule has 0 aromatic heterocycles. The van der Waals surface area contributed by atoms with Crippen LogP contribution < -0.4 is 5.32 Å². The van der Waals surface area contributed by atoms with E-state index in [4.69, 9.17) is 10.1 Å². The highest BCUT2D eigenvalue weighted by Gasteiger charge is 2.52. The molecule has 0 saturated heterocycles. The second kappa shape index (κ2) is 11.7. The molecule has 2 unspecified atom stereocenters. The standard InChI is InChI=1S/C32H40F3N3O4/c1-19(17-26(39)40)36-28(41)22-11-9-21(10-12-22)20(2)38-29(42)27(23-7-6-8-25(18-23)32(33,34)35)37-31(38)15-13-24(14-16-31)30(3,4)5/h6-11,18-20,22,24H,12-17H2,1-5H3,(H,36,41)(H,39,40)/t19?,20-,22?,24?,31?/m1/s1. The number of amides is 2. The van der Waals surface area contributed by atoms with Crippen LogP contribution in [0.2, 0.25) is 0 Å². The summed E-state index contributed by atoms with van der Waals surface area (Å²) in [7, 11) is 0. The molecular formula is C32H40F3N3O4. The normalized spacial score (nSPS) is 26.1. The zero-order chi connectivity index (χ0) is 31.0.